The van der Waals surface area contributed by atoms with Gasteiger partial charge in [-0.15, -0.1) is 6.58 Å². The number of carbonyl (C=O) groups is 1. The first-order valence-electron chi connectivity index (χ1n) is 13.8. The van der Waals surface area contributed by atoms with Gasteiger partial charge in [0.05, 0.1) is 31.6 Å². The predicted octanol–water partition coefficient (Wildman–Crippen LogP) is 5.88. The van der Waals surface area contributed by atoms with Gasteiger partial charge in [0, 0.05) is 26.6 Å². The van der Waals surface area contributed by atoms with Crippen molar-refractivity contribution in [2.75, 3.05) is 27.9 Å². The van der Waals surface area contributed by atoms with E-state index in [0.29, 0.717) is 23.5 Å². The first-order valence-corrected chi connectivity index (χ1v) is 15.3. The zero-order chi connectivity index (χ0) is 30.5. The molecule has 3 rings (SSSR count). The fourth-order valence-electron chi connectivity index (χ4n) is 4.75. The van der Waals surface area contributed by atoms with E-state index in [1.54, 1.807) is 44.6 Å². The Labute approximate surface area is 249 Å². The normalized spacial score (nSPS) is 13.6. The van der Waals surface area contributed by atoms with Gasteiger partial charge in [0.1, 0.15) is 17.6 Å². The molecular formula is C33H41NO7S. The van der Waals surface area contributed by atoms with E-state index >= 15 is 0 Å². The molecular weight excluding hydrogens is 554 g/mol. The Bertz CT molecular complexity index is 1310. The number of esters is 1. The molecule has 8 nitrogen and oxygen atoms in total. The molecule has 0 saturated carbocycles. The van der Waals surface area contributed by atoms with Crippen LogP contribution in [-0.4, -0.2) is 58.0 Å². The summed E-state index contributed by atoms with van der Waals surface area (Å²) < 4.78 is 52.3. The molecule has 0 fully saturated rings. The topological polar surface area (TPSA) is 91.4 Å². The molecule has 0 amide bonds. The van der Waals surface area contributed by atoms with Gasteiger partial charge in [-0.25, -0.2) is 13.2 Å². The van der Waals surface area contributed by atoms with Crippen LogP contribution in [0, 0.1) is 5.92 Å². The molecule has 0 aliphatic carbocycles. The maximum absolute atomic E-state index is 14.6. The van der Waals surface area contributed by atoms with Crippen LogP contribution in [0.25, 0.3) is 0 Å². The van der Waals surface area contributed by atoms with Crippen LogP contribution in [0.4, 0.5) is 0 Å². The summed E-state index contributed by atoms with van der Waals surface area (Å²) in [5.74, 6) is 0.530. The number of methoxy groups -OCH3 is 3. The van der Waals surface area contributed by atoms with Crippen LogP contribution in [-0.2, 0) is 32.6 Å². The SMILES string of the molecule is C=CC[C@H](C)[C@@H](C[C@H](COC)OC(=O)c1ccccc1)S(=O)(=O)N(Cc1ccc(OC)cc1)Cc1ccc(OC)cc1. The molecule has 0 unspecified atom stereocenters. The minimum atomic E-state index is -3.95. The average molecular weight is 596 g/mol. The van der Waals surface area contributed by atoms with Gasteiger partial charge >= 0.3 is 5.97 Å². The standard InChI is InChI=1S/C33H41NO7S/c1-6-10-25(2)32(21-31(24-38-3)41-33(35)28-11-8-7-9-12-28)42(36,37)34(22-26-13-17-29(39-4)18-14-26)23-27-15-19-30(40-5)20-16-27/h6-9,11-20,25,31-32H,1,10,21-24H2,2-5H3/t25-,31+,32+/m0/s1. The van der Waals surface area contributed by atoms with E-state index in [0.717, 1.165) is 11.1 Å². The second-order valence-electron chi connectivity index (χ2n) is 10.1. The smallest absolute Gasteiger partial charge is 0.338 e. The van der Waals surface area contributed by atoms with Crippen molar-refractivity contribution in [3.63, 3.8) is 0 Å². The summed E-state index contributed by atoms with van der Waals surface area (Å²) in [5.41, 5.74) is 2.01. The molecule has 0 spiro atoms. The zero-order valence-corrected chi connectivity index (χ0v) is 25.6. The van der Waals surface area contributed by atoms with E-state index in [1.165, 1.54) is 11.4 Å². The minimum Gasteiger partial charge on any atom is -0.497 e. The first kappa shape index (κ1) is 32.8. The highest BCUT2D eigenvalue weighted by Crippen LogP contribution is 2.29. The molecule has 9 heteroatoms. The molecule has 0 N–H and O–H groups in total. The number of rotatable bonds is 17. The molecule has 3 aromatic carbocycles. The number of hydrogen-bond donors (Lipinski definition) is 0. The van der Waals surface area contributed by atoms with Crippen molar-refractivity contribution in [2.24, 2.45) is 5.92 Å². The van der Waals surface area contributed by atoms with Crippen LogP contribution in [0.5, 0.6) is 11.5 Å². The van der Waals surface area contributed by atoms with E-state index in [1.807, 2.05) is 61.5 Å². The van der Waals surface area contributed by atoms with Gasteiger partial charge in [-0.1, -0.05) is 55.5 Å². The van der Waals surface area contributed by atoms with Crippen molar-refractivity contribution in [2.45, 2.75) is 44.2 Å². The van der Waals surface area contributed by atoms with E-state index in [-0.39, 0.29) is 32.0 Å². The fourth-order valence-corrected chi connectivity index (χ4v) is 6.94. The summed E-state index contributed by atoms with van der Waals surface area (Å²) in [4.78, 5) is 12.9. The van der Waals surface area contributed by atoms with Gasteiger partial charge in [-0.2, -0.15) is 4.31 Å². The Kier molecular flexibility index (Phi) is 12.6. The van der Waals surface area contributed by atoms with Crippen LogP contribution >= 0.6 is 0 Å². The monoisotopic (exact) mass is 595 g/mol. The van der Waals surface area contributed by atoms with Gasteiger partial charge in [-0.05, 0) is 59.9 Å². The van der Waals surface area contributed by atoms with E-state index in [4.69, 9.17) is 18.9 Å². The predicted molar refractivity (Wildman–Crippen MR) is 164 cm³/mol. The van der Waals surface area contributed by atoms with E-state index in [9.17, 15) is 13.2 Å². The lowest BCUT2D eigenvalue weighted by Crippen LogP contribution is -2.44. The van der Waals surface area contributed by atoms with Gasteiger partial charge in [0.25, 0.3) is 0 Å². The highest BCUT2D eigenvalue weighted by Gasteiger charge is 2.38. The average Bonchev–Trinajstić information content (AvgIpc) is 3.00. The summed E-state index contributed by atoms with van der Waals surface area (Å²) in [6.45, 7) is 6.07. The molecule has 0 aliphatic rings. The Morgan fingerprint density at radius 2 is 1.38 bits per heavy atom. The number of benzene rings is 3. The molecule has 0 aromatic heterocycles. The molecule has 226 valence electrons. The van der Waals surface area contributed by atoms with Crippen molar-refractivity contribution in [1.29, 1.82) is 0 Å². The van der Waals surface area contributed by atoms with Crippen molar-refractivity contribution in [3.05, 3.63) is 108 Å². The highest BCUT2D eigenvalue weighted by molar-refractivity contribution is 7.89. The third-order valence-corrected chi connectivity index (χ3v) is 9.48. The number of ether oxygens (including phenoxy) is 4. The van der Waals surface area contributed by atoms with Gasteiger partial charge in [0.15, 0.2) is 0 Å². The summed E-state index contributed by atoms with van der Waals surface area (Å²) in [6.07, 6.45) is 1.46. The third kappa shape index (κ3) is 9.17. The largest absolute Gasteiger partial charge is 0.497 e. The fraction of sp³-hybridized carbons (Fsp3) is 0.364. The quantitative estimate of drug-likeness (QED) is 0.142. The van der Waals surface area contributed by atoms with Crippen LogP contribution in [0.15, 0.2) is 91.5 Å². The second-order valence-corrected chi connectivity index (χ2v) is 12.3. The summed E-state index contributed by atoms with van der Waals surface area (Å²) >= 11 is 0. The van der Waals surface area contributed by atoms with Crippen LogP contribution in [0.1, 0.15) is 41.3 Å². The van der Waals surface area contributed by atoms with E-state index in [2.05, 4.69) is 6.58 Å². The summed E-state index contributed by atoms with van der Waals surface area (Å²) in [6, 6.07) is 23.3. The maximum Gasteiger partial charge on any atom is 0.338 e. The molecule has 3 atom stereocenters. The van der Waals surface area contributed by atoms with Crippen LogP contribution in [0.2, 0.25) is 0 Å². The summed E-state index contributed by atoms with van der Waals surface area (Å²) in [7, 11) is 0.721. The molecule has 0 heterocycles. The Balaban J connectivity index is 1.97. The molecule has 0 saturated heterocycles. The highest BCUT2D eigenvalue weighted by atomic mass is 32.2. The van der Waals surface area contributed by atoms with Crippen molar-refractivity contribution in [3.8, 4) is 11.5 Å². The van der Waals surface area contributed by atoms with Gasteiger partial charge in [0.2, 0.25) is 10.0 Å². The minimum absolute atomic E-state index is 0.0579. The van der Waals surface area contributed by atoms with Crippen molar-refractivity contribution in [1.82, 2.24) is 4.31 Å². The lowest BCUT2D eigenvalue weighted by atomic mass is 9.99. The number of carbonyl (C=O) groups excluding carboxylic acids is 1. The lowest BCUT2D eigenvalue weighted by molar-refractivity contribution is 0.00159. The number of hydrogen-bond acceptors (Lipinski definition) is 7. The second kappa shape index (κ2) is 16.1. The Morgan fingerprint density at radius 3 is 1.83 bits per heavy atom. The van der Waals surface area contributed by atoms with Crippen molar-refractivity contribution >= 4 is 16.0 Å². The number of sulfonamides is 1. The third-order valence-electron chi connectivity index (χ3n) is 7.08. The maximum atomic E-state index is 14.6. The van der Waals surface area contributed by atoms with Crippen LogP contribution < -0.4 is 9.47 Å². The molecule has 0 aliphatic heterocycles. The van der Waals surface area contributed by atoms with E-state index < -0.39 is 27.3 Å². The molecule has 0 bridgehead atoms. The molecule has 3 aromatic rings. The van der Waals surface area contributed by atoms with Crippen LogP contribution in [0.3, 0.4) is 0 Å². The van der Waals surface area contributed by atoms with Crippen molar-refractivity contribution < 1.29 is 32.2 Å². The Morgan fingerprint density at radius 1 is 0.857 bits per heavy atom. The Hall–Kier alpha value is -3.66. The first-order chi connectivity index (χ1) is 20.2. The van der Waals surface area contributed by atoms with Gasteiger partial charge < -0.3 is 18.9 Å². The zero-order valence-electron chi connectivity index (χ0n) is 24.8. The lowest BCUT2D eigenvalue weighted by Gasteiger charge is -2.33. The number of allylic oxidation sites excluding steroid dienone is 1. The molecule has 42 heavy (non-hydrogen) atoms. The summed E-state index contributed by atoms with van der Waals surface area (Å²) in [5, 5.41) is -0.879. The molecule has 0 radical (unpaired) electrons. The van der Waals surface area contributed by atoms with Gasteiger partial charge in [-0.3, -0.25) is 0 Å². The number of nitrogens with zero attached hydrogens (tertiary/aromatic N) is 1.